The molecule has 0 saturated carbocycles. The fraction of sp³-hybridized carbons (Fsp3) is 0.455. The van der Waals surface area contributed by atoms with Gasteiger partial charge in [-0.1, -0.05) is 13.0 Å². The van der Waals surface area contributed by atoms with Crippen molar-refractivity contribution in [1.29, 1.82) is 0 Å². The standard InChI is InChI=1S/C11H17NO2S2/c1-4-6-9(2)10(3)16(13,14)12-11-7-5-8-15-11/h4-5,7-10,12H,1,6H2,2-3H3/t9-,10+/m0/s1. The number of allylic oxidation sites excluding steroid dienone is 1. The summed E-state index contributed by atoms with van der Waals surface area (Å²) in [4.78, 5) is 0. The predicted octanol–water partition coefficient (Wildman–Crippen LogP) is 3.09. The molecule has 0 bridgehead atoms. The van der Waals surface area contributed by atoms with Crippen LogP contribution in [0.3, 0.4) is 0 Å². The maximum Gasteiger partial charge on any atom is 0.236 e. The van der Waals surface area contributed by atoms with Crippen LogP contribution in [-0.4, -0.2) is 13.7 Å². The normalized spacial score (nSPS) is 15.4. The summed E-state index contributed by atoms with van der Waals surface area (Å²) in [7, 11) is -3.29. The first kappa shape index (κ1) is 13.3. The van der Waals surface area contributed by atoms with Crippen molar-refractivity contribution in [3.63, 3.8) is 0 Å². The Kier molecular flexibility index (Phi) is 4.56. The summed E-state index contributed by atoms with van der Waals surface area (Å²) in [6.45, 7) is 7.27. The van der Waals surface area contributed by atoms with E-state index in [0.29, 0.717) is 11.4 Å². The van der Waals surface area contributed by atoms with Crippen LogP contribution < -0.4 is 4.72 Å². The zero-order chi connectivity index (χ0) is 12.2. The van der Waals surface area contributed by atoms with E-state index in [1.807, 2.05) is 18.4 Å². The monoisotopic (exact) mass is 259 g/mol. The van der Waals surface area contributed by atoms with Gasteiger partial charge in [0.1, 0.15) is 5.00 Å². The second-order valence-electron chi connectivity index (χ2n) is 3.83. The van der Waals surface area contributed by atoms with E-state index in [4.69, 9.17) is 0 Å². The lowest BCUT2D eigenvalue weighted by Crippen LogP contribution is -2.30. The Morgan fingerprint density at radius 3 is 2.75 bits per heavy atom. The molecule has 1 aromatic rings. The number of anilines is 1. The molecule has 1 heterocycles. The molecule has 2 atom stereocenters. The number of nitrogens with one attached hydrogen (secondary N) is 1. The minimum absolute atomic E-state index is 0.0648. The van der Waals surface area contributed by atoms with Crippen molar-refractivity contribution >= 4 is 26.4 Å². The zero-order valence-corrected chi connectivity index (χ0v) is 11.1. The van der Waals surface area contributed by atoms with E-state index in [9.17, 15) is 8.42 Å². The highest BCUT2D eigenvalue weighted by molar-refractivity contribution is 7.93. The van der Waals surface area contributed by atoms with Gasteiger partial charge in [0.05, 0.1) is 5.25 Å². The number of hydrogen-bond donors (Lipinski definition) is 1. The van der Waals surface area contributed by atoms with E-state index in [-0.39, 0.29) is 5.92 Å². The Labute approximate surface area is 101 Å². The number of sulfonamides is 1. The average Bonchev–Trinajstić information content (AvgIpc) is 2.68. The second-order valence-corrected chi connectivity index (χ2v) is 6.82. The predicted molar refractivity (Wildman–Crippen MR) is 70.3 cm³/mol. The SMILES string of the molecule is C=CC[C@H](C)[C@@H](C)S(=O)(=O)Nc1cccs1. The van der Waals surface area contributed by atoms with Crippen molar-refractivity contribution in [2.45, 2.75) is 25.5 Å². The number of rotatable bonds is 6. The third-order valence-electron chi connectivity index (χ3n) is 2.59. The first-order valence-corrected chi connectivity index (χ1v) is 7.56. The van der Waals surface area contributed by atoms with Crippen LogP contribution in [0.15, 0.2) is 30.2 Å². The van der Waals surface area contributed by atoms with Gasteiger partial charge in [-0.3, -0.25) is 4.72 Å². The highest BCUT2D eigenvalue weighted by atomic mass is 32.2. The molecular formula is C11H17NO2S2. The number of hydrogen-bond acceptors (Lipinski definition) is 3. The molecule has 1 N–H and O–H groups in total. The van der Waals surface area contributed by atoms with E-state index < -0.39 is 15.3 Å². The fourth-order valence-corrected chi connectivity index (χ4v) is 3.59. The molecule has 0 saturated heterocycles. The van der Waals surface area contributed by atoms with E-state index in [2.05, 4.69) is 11.3 Å². The number of thiophene rings is 1. The summed E-state index contributed by atoms with van der Waals surface area (Å²) >= 11 is 1.38. The molecule has 0 aliphatic heterocycles. The van der Waals surface area contributed by atoms with Gasteiger partial charge in [-0.2, -0.15) is 0 Å². The van der Waals surface area contributed by atoms with E-state index in [1.54, 1.807) is 19.1 Å². The minimum Gasteiger partial charge on any atom is -0.274 e. The van der Waals surface area contributed by atoms with Crippen molar-refractivity contribution < 1.29 is 8.42 Å². The van der Waals surface area contributed by atoms with Gasteiger partial charge in [0, 0.05) is 0 Å². The minimum atomic E-state index is -3.29. The lowest BCUT2D eigenvalue weighted by atomic mass is 10.1. The first-order valence-electron chi connectivity index (χ1n) is 5.13. The van der Waals surface area contributed by atoms with Crippen LogP contribution in [0.5, 0.6) is 0 Å². The quantitative estimate of drug-likeness (QED) is 0.798. The highest BCUT2D eigenvalue weighted by Gasteiger charge is 2.25. The molecule has 0 radical (unpaired) electrons. The second kappa shape index (κ2) is 5.50. The van der Waals surface area contributed by atoms with Crippen LogP contribution in [0.2, 0.25) is 0 Å². The van der Waals surface area contributed by atoms with Crippen LogP contribution in [-0.2, 0) is 10.0 Å². The largest absolute Gasteiger partial charge is 0.274 e. The van der Waals surface area contributed by atoms with Gasteiger partial charge in [-0.15, -0.1) is 17.9 Å². The molecule has 0 unspecified atom stereocenters. The summed E-state index contributed by atoms with van der Waals surface area (Å²) in [5.41, 5.74) is 0. The van der Waals surface area contributed by atoms with Crippen molar-refractivity contribution in [2.24, 2.45) is 5.92 Å². The van der Waals surface area contributed by atoms with Crippen LogP contribution in [0, 0.1) is 5.92 Å². The molecule has 0 aliphatic carbocycles. The molecule has 0 amide bonds. The van der Waals surface area contributed by atoms with Crippen molar-refractivity contribution in [3.8, 4) is 0 Å². The van der Waals surface area contributed by atoms with E-state index >= 15 is 0 Å². The van der Waals surface area contributed by atoms with Gasteiger partial charge in [0.25, 0.3) is 0 Å². The molecule has 0 aliphatic rings. The van der Waals surface area contributed by atoms with Gasteiger partial charge in [0.15, 0.2) is 0 Å². The fourth-order valence-electron chi connectivity index (χ4n) is 1.33. The summed E-state index contributed by atoms with van der Waals surface area (Å²) in [6.07, 6.45) is 2.45. The zero-order valence-electron chi connectivity index (χ0n) is 9.51. The van der Waals surface area contributed by atoms with Gasteiger partial charge in [0.2, 0.25) is 10.0 Å². The maximum absolute atomic E-state index is 12.0. The third kappa shape index (κ3) is 3.35. The Morgan fingerprint density at radius 1 is 1.56 bits per heavy atom. The Hall–Kier alpha value is -0.810. The molecule has 1 rings (SSSR count). The molecule has 1 aromatic heterocycles. The maximum atomic E-state index is 12.0. The molecule has 0 aromatic carbocycles. The van der Waals surface area contributed by atoms with Crippen LogP contribution in [0.25, 0.3) is 0 Å². The lowest BCUT2D eigenvalue weighted by Gasteiger charge is -2.19. The van der Waals surface area contributed by atoms with E-state index in [1.165, 1.54) is 11.3 Å². The Bertz CT molecular complexity index is 423. The summed E-state index contributed by atoms with van der Waals surface area (Å²) < 4.78 is 26.5. The highest BCUT2D eigenvalue weighted by Crippen LogP contribution is 2.22. The smallest absolute Gasteiger partial charge is 0.236 e. The molecule has 5 heteroatoms. The molecule has 3 nitrogen and oxygen atoms in total. The summed E-state index contributed by atoms with van der Waals surface area (Å²) in [6, 6.07) is 3.58. The molecule has 0 spiro atoms. The molecule has 90 valence electrons. The van der Waals surface area contributed by atoms with Gasteiger partial charge >= 0.3 is 0 Å². The van der Waals surface area contributed by atoms with Crippen LogP contribution in [0.1, 0.15) is 20.3 Å². The summed E-state index contributed by atoms with van der Waals surface area (Å²) in [5, 5.41) is 2.08. The van der Waals surface area contributed by atoms with Crippen LogP contribution in [0.4, 0.5) is 5.00 Å². The molecule has 16 heavy (non-hydrogen) atoms. The third-order valence-corrected chi connectivity index (χ3v) is 5.46. The molecule has 0 fully saturated rings. The van der Waals surface area contributed by atoms with Gasteiger partial charge < -0.3 is 0 Å². The molecular weight excluding hydrogens is 242 g/mol. The average molecular weight is 259 g/mol. The van der Waals surface area contributed by atoms with Gasteiger partial charge in [-0.25, -0.2) is 8.42 Å². The first-order chi connectivity index (χ1) is 7.47. The topological polar surface area (TPSA) is 46.2 Å². The Morgan fingerprint density at radius 2 is 2.25 bits per heavy atom. The summed E-state index contributed by atoms with van der Waals surface area (Å²) in [5.74, 6) is 0.0648. The van der Waals surface area contributed by atoms with Gasteiger partial charge in [-0.05, 0) is 36.8 Å². The van der Waals surface area contributed by atoms with Crippen molar-refractivity contribution in [1.82, 2.24) is 0 Å². The lowest BCUT2D eigenvalue weighted by molar-refractivity contribution is 0.529. The Balaban J connectivity index is 2.73. The van der Waals surface area contributed by atoms with Crippen LogP contribution >= 0.6 is 11.3 Å². The van der Waals surface area contributed by atoms with Crippen molar-refractivity contribution in [2.75, 3.05) is 4.72 Å². The van der Waals surface area contributed by atoms with Crippen molar-refractivity contribution in [3.05, 3.63) is 30.2 Å². The van der Waals surface area contributed by atoms with E-state index in [0.717, 1.165) is 0 Å².